The van der Waals surface area contributed by atoms with Crippen molar-refractivity contribution in [2.45, 2.75) is 455 Å². The number of nitrogens with two attached hydrogens (primary N) is 7. The first-order valence-electron chi connectivity index (χ1n) is 58.7. The number of hydrogen-bond acceptors (Lipinski definition) is 25. The summed E-state index contributed by atoms with van der Waals surface area (Å²) in [4.78, 5) is 174. The number of imide groups is 3. The van der Waals surface area contributed by atoms with E-state index in [2.05, 4.69) is 100 Å². The van der Waals surface area contributed by atoms with E-state index in [-0.39, 0.29) is 109 Å². The molecule has 0 aromatic carbocycles. The summed E-state index contributed by atoms with van der Waals surface area (Å²) in [7, 11) is 0. The van der Waals surface area contributed by atoms with Gasteiger partial charge >= 0.3 is 47.8 Å². The first kappa shape index (κ1) is 136. The second-order valence-corrected chi connectivity index (χ2v) is 44.9. The molecule has 844 valence electrons. The molecular weight excluding hydrogens is 1860 g/mol. The van der Waals surface area contributed by atoms with E-state index in [4.69, 9.17) is 40.1 Å². The van der Waals surface area contributed by atoms with E-state index < -0.39 is 83.3 Å². The van der Waals surface area contributed by atoms with Gasteiger partial charge in [0.15, 0.2) is 0 Å². The first-order chi connectivity index (χ1) is 70.5. The molecule has 28 heteroatoms. The van der Waals surface area contributed by atoms with Gasteiger partial charge < -0.3 is 59.1 Å². The zero-order valence-electron chi connectivity index (χ0n) is 94.2. The zero-order chi connectivity index (χ0) is 109. The highest BCUT2D eigenvalue weighted by atomic mass is 16.6. The predicted octanol–water partition coefficient (Wildman–Crippen LogP) is 22.0. The van der Waals surface area contributed by atoms with Crippen LogP contribution in [0.4, 0.5) is 0 Å². The molecule has 7 aliphatic heterocycles. The molecule has 13 atom stereocenters. The Kier molecular flexibility index (Phi) is 77.7. The lowest BCUT2D eigenvalue weighted by Crippen LogP contribution is -2.34. The van der Waals surface area contributed by atoms with Gasteiger partial charge in [0.1, 0.15) is 0 Å². The number of rotatable bonds is 76. The number of ether oxygens (including phenoxy) is 4. The number of unbranched alkanes of at least 4 members (excludes halogenated alkanes) is 40. The summed E-state index contributed by atoms with van der Waals surface area (Å²) in [5.74, 6) is -5.09. The highest BCUT2D eigenvalue weighted by Crippen LogP contribution is 2.40. The Morgan fingerprint density at radius 3 is 0.932 bits per heavy atom. The maximum absolute atomic E-state index is 13.6. The Balaban J connectivity index is 0.000000632. The molecule has 0 spiro atoms. The minimum absolute atomic E-state index is 0.0225. The molecule has 147 heavy (non-hydrogen) atoms. The van der Waals surface area contributed by atoms with Gasteiger partial charge in [-0.1, -0.05) is 356 Å². The van der Waals surface area contributed by atoms with E-state index >= 15 is 0 Å². The Bertz CT molecular complexity index is 3780. The molecule has 0 aromatic heterocycles. The predicted molar refractivity (Wildman–Crippen MR) is 589 cm³/mol. The van der Waals surface area contributed by atoms with Crippen LogP contribution in [-0.2, 0) is 86.1 Å². The molecule has 0 aliphatic carbocycles. The summed E-state index contributed by atoms with van der Waals surface area (Å²) >= 11 is 0. The Morgan fingerprint density at radius 2 is 0.592 bits per heavy atom. The average Bonchev–Trinajstić information content (AvgIpc) is 1.65. The molecule has 0 radical (unpaired) electrons. The second kappa shape index (κ2) is 84.2. The molecule has 7 fully saturated rings. The number of carbonyl (C=O) groups excluding carboxylic acids is 14. The molecule has 6 amide bonds. The van der Waals surface area contributed by atoms with E-state index in [0.29, 0.717) is 68.5 Å². The third kappa shape index (κ3) is 61.2. The van der Waals surface area contributed by atoms with Gasteiger partial charge in [-0.3, -0.25) is 81.8 Å². The number of nitrogens with zero attached hydrogens (tertiary/aromatic N) is 3. The minimum atomic E-state index is -0.607. The van der Waals surface area contributed by atoms with Crippen LogP contribution in [0.2, 0.25) is 0 Å². The van der Waals surface area contributed by atoms with Crippen LogP contribution in [0.15, 0.2) is 48.1 Å². The van der Waals surface area contributed by atoms with Crippen molar-refractivity contribution in [3.63, 3.8) is 0 Å². The van der Waals surface area contributed by atoms with Crippen molar-refractivity contribution in [3.05, 3.63) is 48.1 Å². The molecule has 13 unspecified atom stereocenters. The quantitative estimate of drug-likeness (QED) is 0.00742. The highest BCUT2D eigenvalue weighted by molar-refractivity contribution is 6.06. The summed E-state index contributed by atoms with van der Waals surface area (Å²) in [6, 6.07) is 0. The van der Waals surface area contributed by atoms with Crippen LogP contribution in [0.1, 0.15) is 455 Å². The van der Waals surface area contributed by atoms with Gasteiger partial charge in [0.25, 0.3) is 0 Å². The van der Waals surface area contributed by atoms with Crippen molar-refractivity contribution in [1.82, 2.24) is 14.7 Å². The van der Waals surface area contributed by atoms with E-state index in [9.17, 15) is 67.1 Å². The van der Waals surface area contributed by atoms with Gasteiger partial charge in [0.05, 0.1) is 67.1 Å². The Labute approximate surface area is 888 Å². The van der Waals surface area contributed by atoms with Crippen LogP contribution < -0.4 is 40.1 Å². The van der Waals surface area contributed by atoms with Gasteiger partial charge in [-0.25, -0.2) is 0 Å². The lowest BCUT2D eigenvalue weighted by molar-refractivity contribution is -0.155. The fourth-order valence-electron chi connectivity index (χ4n) is 21.2. The monoisotopic (exact) mass is 2070 g/mol. The van der Waals surface area contributed by atoms with Gasteiger partial charge in [-0.15, -0.1) is 0 Å². The number of allylic oxidation sites excluding steroid dienone is 5. The van der Waals surface area contributed by atoms with Gasteiger partial charge in [-0.2, -0.15) is 0 Å². The SMILES string of the molecule is CC(C)CC(C)C(=CCC1CC(=O)OC1=O)C1CC(=O)OC1=O.CC(C)CC(C)C(C=CC1CC(=O)N(CCCCCCCCCCCN)C1=O)C1CC(=O)N(CCCCCCCCCCCN)C1=O.CC(C)CC(C)C(C=CC1CC(=O)OC1=O)C1CC(=O)OC1=O.CC(C)CC(C)C=CCC1CC(=O)N(CCCCCCCCCCCN)C1=O.NCCCCCCCCCCCN.NCCCCCCCCCCCN. The fourth-order valence-corrected chi connectivity index (χ4v) is 21.2. The standard InChI is InChI=1S/C39H70N4O4.C24H44N2O2.2C17H22O6.2C11H26N2/c1-31(2)28-32(3)34(35-30-37(45)43(39(35)47)27-21-17-13-9-5-7-11-15-19-25-41)23-22-33-29-36(44)42(38(33)46)26-20-16-12-8-4-6-10-14-18-24-40;1-20(2)18-21(3)14-13-15-22-19-23(27)26(24(22)28)17-12-10-8-6-4-5-7-9-11-16-25;2*1-9(2)6-10(3)12(13-8-15(19)23-17(13)21)5-4-11-7-14(18)22-16(11)20;2*12-10-8-6-4-2-1-3-5-7-9-11-13/h22-23,31-35H,4-21,24-30,40-41H2,1-3H3;13-14,20-22H,4-12,15-19,25H2,1-3H3;5,9-11,13H,4,6-8H2,1-3H3;4-5,9-13H,6-8H2,1-3H3;2*1-13H2. The van der Waals surface area contributed by atoms with Gasteiger partial charge in [0, 0.05) is 38.9 Å². The molecule has 28 nitrogen and oxygen atoms in total. The summed E-state index contributed by atoms with van der Waals surface area (Å²) in [6.07, 6.45) is 74.6. The third-order valence-corrected chi connectivity index (χ3v) is 29.3. The summed E-state index contributed by atoms with van der Waals surface area (Å²) in [6.45, 7) is 32.9. The molecule has 0 bridgehead atoms. The van der Waals surface area contributed by atoms with Crippen LogP contribution >= 0.6 is 0 Å². The summed E-state index contributed by atoms with van der Waals surface area (Å²) in [5.41, 5.74) is 39.1. The first-order valence-corrected chi connectivity index (χ1v) is 58.7. The van der Waals surface area contributed by atoms with E-state index in [0.717, 1.165) is 148 Å². The number of esters is 8. The normalized spacial score (nSPS) is 20.4. The molecule has 0 saturated carbocycles. The van der Waals surface area contributed by atoms with Crippen LogP contribution in [-0.4, -0.2) is 163 Å². The molecule has 0 aromatic rings. The smallest absolute Gasteiger partial charge is 0.321 e. The molecule has 7 rings (SSSR count). The van der Waals surface area contributed by atoms with E-state index in [1.54, 1.807) is 12.2 Å². The van der Waals surface area contributed by atoms with Crippen molar-refractivity contribution >= 4 is 83.2 Å². The average molecular weight is 2070 g/mol. The van der Waals surface area contributed by atoms with Crippen molar-refractivity contribution in [2.24, 2.45) is 141 Å². The molecule has 7 saturated heterocycles. The van der Waals surface area contributed by atoms with E-state index in [1.807, 2.05) is 32.1 Å². The van der Waals surface area contributed by atoms with Gasteiger partial charge in [0.2, 0.25) is 35.4 Å². The van der Waals surface area contributed by atoms with Crippen molar-refractivity contribution in [2.75, 3.05) is 65.4 Å². The number of likely N-dealkylation sites (tertiary alicyclic amines) is 3. The summed E-state index contributed by atoms with van der Waals surface area (Å²) in [5, 5.41) is 0. The second-order valence-electron chi connectivity index (χ2n) is 44.9. The number of amides is 6. The van der Waals surface area contributed by atoms with Crippen LogP contribution in [0.3, 0.4) is 0 Å². The zero-order valence-corrected chi connectivity index (χ0v) is 94.2. The number of carbonyl (C=O) groups is 14. The maximum atomic E-state index is 13.6. The summed E-state index contributed by atoms with van der Waals surface area (Å²) < 4.78 is 18.4. The lowest BCUT2D eigenvalue weighted by Gasteiger charge is -2.27. The van der Waals surface area contributed by atoms with Crippen LogP contribution in [0.5, 0.6) is 0 Å². The van der Waals surface area contributed by atoms with Crippen molar-refractivity contribution < 1.29 is 86.1 Å². The van der Waals surface area contributed by atoms with Crippen molar-refractivity contribution in [3.8, 4) is 0 Å². The Hall–Kier alpha value is -7.34. The number of cyclic esters (lactones) is 8. The number of hydrogen-bond donors (Lipinski definition) is 7. The van der Waals surface area contributed by atoms with Crippen LogP contribution in [0, 0.1) is 101 Å². The molecule has 7 aliphatic rings. The molecule has 7 heterocycles. The highest BCUT2D eigenvalue weighted by Gasteiger charge is 2.46. The topological polar surface area (TPSA) is 468 Å². The molecular formula is C119H210N10O18. The minimum Gasteiger partial charge on any atom is -0.393 e. The maximum Gasteiger partial charge on any atom is 0.321 e. The molecule has 14 N–H and O–H groups in total. The van der Waals surface area contributed by atoms with Gasteiger partial charge in [-0.05, 0) is 208 Å². The van der Waals surface area contributed by atoms with Crippen LogP contribution in [0.25, 0.3) is 0 Å². The fraction of sp³-hybridized carbons (Fsp3) is 0.815. The third-order valence-electron chi connectivity index (χ3n) is 29.3. The van der Waals surface area contributed by atoms with Crippen molar-refractivity contribution in [1.29, 1.82) is 0 Å². The van der Waals surface area contributed by atoms with E-state index in [1.165, 1.54) is 233 Å². The largest absolute Gasteiger partial charge is 0.393 e. The Morgan fingerprint density at radius 1 is 0.279 bits per heavy atom. The lowest BCUT2D eigenvalue weighted by atomic mass is 9.77.